The predicted molar refractivity (Wildman–Crippen MR) is 113 cm³/mol. The zero-order valence-corrected chi connectivity index (χ0v) is 17.1. The number of carbonyl (C=O) groups excluding carboxylic acids is 2. The van der Waals surface area contributed by atoms with Crippen LogP contribution in [0.15, 0.2) is 65.9 Å². The molecule has 0 aliphatic carbocycles. The average molecular weight is 393 g/mol. The fourth-order valence-electron chi connectivity index (χ4n) is 3.47. The molecule has 1 aliphatic rings. The van der Waals surface area contributed by atoms with Crippen LogP contribution in [-0.2, 0) is 16.1 Å². The molecule has 1 aliphatic heterocycles. The Hall–Kier alpha value is -3.28. The van der Waals surface area contributed by atoms with Gasteiger partial charge in [-0.05, 0) is 36.6 Å². The molecule has 3 rings (SSSR count). The van der Waals surface area contributed by atoms with Gasteiger partial charge in [0, 0.05) is 25.0 Å². The van der Waals surface area contributed by atoms with Crippen molar-refractivity contribution in [2.75, 3.05) is 18.6 Å². The summed E-state index contributed by atoms with van der Waals surface area (Å²) in [5, 5.41) is 5.59. The van der Waals surface area contributed by atoms with Gasteiger partial charge in [0.25, 0.3) is 0 Å². The second-order valence-corrected chi connectivity index (χ2v) is 6.93. The number of anilines is 1. The third kappa shape index (κ3) is 4.77. The van der Waals surface area contributed by atoms with E-state index in [0.717, 1.165) is 17.8 Å². The Labute approximate surface area is 171 Å². The van der Waals surface area contributed by atoms with Gasteiger partial charge >= 0.3 is 12.0 Å². The molecule has 0 aromatic heterocycles. The lowest BCUT2D eigenvalue weighted by Gasteiger charge is -2.29. The van der Waals surface area contributed by atoms with Gasteiger partial charge in [-0.3, -0.25) is 0 Å². The van der Waals surface area contributed by atoms with E-state index in [9.17, 15) is 9.59 Å². The van der Waals surface area contributed by atoms with Crippen molar-refractivity contribution in [2.45, 2.75) is 32.9 Å². The van der Waals surface area contributed by atoms with Gasteiger partial charge in [0.05, 0.1) is 18.2 Å². The molecular weight excluding hydrogens is 366 g/mol. The first-order chi connectivity index (χ1) is 14.0. The summed E-state index contributed by atoms with van der Waals surface area (Å²) in [4.78, 5) is 26.8. The third-order valence-corrected chi connectivity index (χ3v) is 4.93. The first kappa shape index (κ1) is 20.5. The monoisotopic (exact) mass is 393 g/mol. The molecule has 0 fully saturated rings. The normalized spacial score (nSPS) is 16.1. The standard InChI is InChI=1S/C23H27N3O3/c1-4-19-20(22(27)29-5-2)21(25-23(28)24-19)17-11-13-18(14-12-17)26(3)15-16-9-7-6-8-10-16/h6-14,21H,4-5,15H2,1-3H3,(H2,24,25,28). The molecule has 1 unspecified atom stereocenters. The Bertz CT molecular complexity index is 891. The van der Waals surface area contributed by atoms with E-state index < -0.39 is 12.0 Å². The smallest absolute Gasteiger partial charge is 0.338 e. The number of esters is 1. The number of ether oxygens (including phenoxy) is 1. The minimum absolute atomic E-state index is 0.281. The second kappa shape index (κ2) is 9.28. The Kier molecular flexibility index (Phi) is 6.54. The highest BCUT2D eigenvalue weighted by Crippen LogP contribution is 2.30. The highest BCUT2D eigenvalue weighted by Gasteiger charge is 2.32. The van der Waals surface area contributed by atoms with Crippen molar-refractivity contribution >= 4 is 17.7 Å². The molecule has 2 N–H and O–H groups in total. The van der Waals surface area contributed by atoms with Crippen LogP contribution in [0.2, 0.25) is 0 Å². The molecule has 0 bridgehead atoms. The largest absolute Gasteiger partial charge is 0.463 e. The minimum Gasteiger partial charge on any atom is -0.463 e. The molecule has 6 nitrogen and oxygen atoms in total. The van der Waals surface area contributed by atoms with Gasteiger partial charge < -0.3 is 20.3 Å². The topological polar surface area (TPSA) is 70.7 Å². The van der Waals surface area contributed by atoms with Crippen LogP contribution in [0.25, 0.3) is 0 Å². The first-order valence-electron chi connectivity index (χ1n) is 9.86. The molecule has 29 heavy (non-hydrogen) atoms. The van der Waals surface area contributed by atoms with E-state index >= 15 is 0 Å². The van der Waals surface area contributed by atoms with Crippen LogP contribution in [0.1, 0.15) is 37.4 Å². The van der Waals surface area contributed by atoms with Crippen LogP contribution in [0, 0.1) is 0 Å². The van der Waals surface area contributed by atoms with Crippen molar-refractivity contribution in [1.29, 1.82) is 0 Å². The van der Waals surface area contributed by atoms with Gasteiger partial charge in [-0.1, -0.05) is 49.4 Å². The van der Waals surface area contributed by atoms with E-state index in [2.05, 4.69) is 27.7 Å². The van der Waals surface area contributed by atoms with Crippen molar-refractivity contribution in [3.05, 3.63) is 77.0 Å². The van der Waals surface area contributed by atoms with Gasteiger partial charge in [0.2, 0.25) is 0 Å². The fraction of sp³-hybridized carbons (Fsp3) is 0.304. The van der Waals surface area contributed by atoms with Crippen LogP contribution < -0.4 is 15.5 Å². The summed E-state index contributed by atoms with van der Waals surface area (Å²) in [6, 6.07) is 17.3. The van der Waals surface area contributed by atoms with Crippen LogP contribution in [0.3, 0.4) is 0 Å². The SMILES string of the molecule is CCOC(=O)C1=C(CC)NC(=O)NC1c1ccc(N(C)Cc2ccccc2)cc1. The van der Waals surface area contributed by atoms with Crippen molar-refractivity contribution in [3.63, 3.8) is 0 Å². The summed E-state index contributed by atoms with van der Waals surface area (Å²) < 4.78 is 5.23. The lowest BCUT2D eigenvalue weighted by atomic mass is 9.94. The molecule has 2 aromatic carbocycles. The predicted octanol–water partition coefficient (Wildman–Crippen LogP) is 3.90. The van der Waals surface area contributed by atoms with E-state index in [0.29, 0.717) is 17.7 Å². The second-order valence-electron chi connectivity index (χ2n) is 6.93. The zero-order valence-electron chi connectivity index (χ0n) is 17.1. The summed E-state index contributed by atoms with van der Waals surface area (Å²) in [6.07, 6.45) is 0.538. The number of nitrogens with one attached hydrogen (secondary N) is 2. The highest BCUT2D eigenvalue weighted by atomic mass is 16.5. The summed E-state index contributed by atoms with van der Waals surface area (Å²) in [5.41, 5.74) is 4.17. The molecule has 0 spiro atoms. The van der Waals surface area contributed by atoms with Crippen molar-refractivity contribution in [3.8, 4) is 0 Å². The summed E-state index contributed by atoms with van der Waals surface area (Å²) in [6.45, 7) is 4.74. The molecule has 2 aromatic rings. The molecule has 0 radical (unpaired) electrons. The third-order valence-electron chi connectivity index (χ3n) is 4.93. The summed E-state index contributed by atoms with van der Waals surface area (Å²) in [7, 11) is 2.04. The molecule has 152 valence electrons. The van der Waals surface area contributed by atoms with Crippen LogP contribution in [0.5, 0.6) is 0 Å². The Morgan fingerprint density at radius 3 is 2.38 bits per heavy atom. The van der Waals surface area contributed by atoms with Crippen molar-refractivity contribution in [2.24, 2.45) is 0 Å². The number of rotatable bonds is 7. The van der Waals surface area contributed by atoms with Gasteiger partial charge in [-0.25, -0.2) is 9.59 Å². The number of hydrogen-bond donors (Lipinski definition) is 2. The van der Waals surface area contributed by atoms with Gasteiger partial charge in [0.1, 0.15) is 0 Å². The number of carbonyl (C=O) groups is 2. The number of urea groups is 1. The Morgan fingerprint density at radius 2 is 1.76 bits per heavy atom. The van der Waals surface area contributed by atoms with Crippen molar-refractivity contribution < 1.29 is 14.3 Å². The van der Waals surface area contributed by atoms with Crippen LogP contribution >= 0.6 is 0 Å². The van der Waals surface area contributed by atoms with E-state index in [1.54, 1.807) is 6.92 Å². The molecule has 0 saturated carbocycles. The number of allylic oxidation sites excluding steroid dienone is 1. The van der Waals surface area contributed by atoms with Gasteiger partial charge in [-0.15, -0.1) is 0 Å². The number of amides is 2. The molecule has 1 heterocycles. The Morgan fingerprint density at radius 1 is 1.07 bits per heavy atom. The summed E-state index contributed by atoms with van der Waals surface area (Å²) >= 11 is 0. The van der Waals surface area contributed by atoms with E-state index in [4.69, 9.17) is 4.74 Å². The van der Waals surface area contributed by atoms with E-state index in [-0.39, 0.29) is 12.6 Å². The van der Waals surface area contributed by atoms with Gasteiger partial charge in [-0.2, -0.15) is 0 Å². The molecule has 2 amide bonds. The lowest BCUT2D eigenvalue weighted by molar-refractivity contribution is -0.139. The molecular formula is C23H27N3O3. The number of hydrogen-bond acceptors (Lipinski definition) is 4. The fourth-order valence-corrected chi connectivity index (χ4v) is 3.47. The maximum Gasteiger partial charge on any atom is 0.338 e. The Balaban J connectivity index is 1.84. The van der Waals surface area contributed by atoms with E-state index in [1.807, 2.05) is 56.4 Å². The lowest BCUT2D eigenvalue weighted by Crippen LogP contribution is -2.45. The number of benzene rings is 2. The van der Waals surface area contributed by atoms with Gasteiger partial charge in [0.15, 0.2) is 0 Å². The zero-order chi connectivity index (χ0) is 20.8. The van der Waals surface area contributed by atoms with Crippen LogP contribution in [0.4, 0.5) is 10.5 Å². The van der Waals surface area contributed by atoms with Crippen molar-refractivity contribution in [1.82, 2.24) is 10.6 Å². The van der Waals surface area contributed by atoms with Crippen LogP contribution in [-0.4, -0.2) is 25.7 Å². The average Bonchev–Trinajstić information content (AvgIpc) is 2.74. The minimum atomic E-state index is -0.536. The number of nitrogens with zero attached hydrogens (tertiary/aromatic N) is 1. The molecule has 1 atom stereocenters. The maximum absolute atomic E-state index is 12.6. The highest BCUT2D eigenvalue weighted by molar-refractivity contribution is 5.95. The maximum atomic E-state index is 12.6. The van der Waals surface area contributed by atoms with E-state index in [1.165, 1.54) is 5.56 Å². The molecule has 0 saturated heterocycles. The summed E-state index contributed by atoms with van der Waals surface area (Å²) in [5.74, 6) is -0.410. The molecule has 6 heteroatoms. The first-order valence-corrected chi connectivity index (χ1v) is 9.86. The quantitative estimate of drug-likeness (QED) is 0.700.